The number of sulfonamides is 1. The molecule has 4 rings (SSSR count). The van der Waals surface area contributed by atoms with E-state index in [-0.39, 0.29) is 23.7 Å². The summed E-state index contributed by atoms with van der Waals surface area (Å²) in [7, 11) is -3.95. The first-order chi connectivity index (χ1) is 19.5. The number of anilines is 1. The predicted octanol–water partition coefficient (Wildman–Crippen LogP) is 6.14. The molecular formula is C28H23BrCl2N4O5S. The fourth-order valence-electron chi connectivity index (χ4n) is 3.61. The van der Waals surface area contributed by atoms with Gasteiger partial charge in [0.05, 0.1) is 17.7 Å². The SMILES string of the molecule is Cc1ccc(S(=O)(=O)N(Cc2ccc(/C=N/NC(=O)C(=O)Nc3cccc(Br)c3)o2)Cc2ccc(Cl)cc2Cl)cc1. The number of hydrazone groups is 1. The molecule has 0 unspecified atom stereocenters. The number of hydrogen-bond donors (Lipinski definition) is 2. The highest BCUT2D eigenvalue weighted by Gasteiger charge is 2.27. The zero-order chi connectivity index (χ0) is 29.6. The summed E-state index contributed by atoms with van der Waals surface area (Å²) in [5, 5.41) is 6.97. The second kappa shape index (κ2) is 13.5. The van der Waals surface area contributed by atoms with E-state index in [1.54, 1.807) is 66.7 Å². The van der Waals surface area contributed by atoms with E-state index in [0.29, 0.717) is 27.1 Å². The summed E-state index contributed by atoms with van der Waals surface area (Å²) in [4.78, 5) is 24.3. The maximum Gasteiger partial charge on any atom is 0.329 e. The van der Waals surface area contributed by atoms with Crippen LogP contribution < -0.4 is 10.7 Å². The molecule has 0 bridgehead atoms. The third-order valence-corrected chi connectivity index (χ3v) is 8.57. The smallest absolute Gasteiger partial charge is 0.329 e. The quantitative estimate of drug-likeness (QED) is 0.125. The van der Waals surface area contributed by atoms with Crippen LogP contribution in [0.2, 0.25) is 10.0 Å². The van der Waals surface area contributed by atoms with Crippen LogP contribution >= 0.6 is 39.1 Å². The van der Waals surface area contributed by atoms with E-state index in [0.717, 1.165) is 10.0 Å². The molecule has 0 atom stereocenters. The lowest BCUT2D eigenvalue weighted by Crippen LogP contribution is -2.32. The van der Waals surface area contributed by atoms with Crippen molar-refractivity contribution in [1.82, 2.24) is 9.73 Å². The Morgan fingerprint density at radius 2 is 1.73 bits per heavy atom. The summed E-state index contributed by atoms with van der Waals surface area (Å²) in [6.07, 6.45) is 1.20. The van der Waals surface area contributed by atoms with Crippen molar-refractivity contribution in [2.75, 3.05) is 5.32 Å². The maximum atomic E-state index is 13.6. The number of halogens is 3. The van der Waals surface area contributed by atoms with Crippen LogP contribution in [0.25, 0.3) is 0 Å². The Kier molecular flexibility index (Phi) is 10.0. The van der Waals surface area contributed by atoms with E-state index in [9.17, 15) is 18.0 Å². The van der Waals surface area contributed by atoms with Gasteiger partial charge >= 0.3 is 11.8 Å². The number of amides is 2. The minimum absolute atomic E-state index is 0.0422. The highest BCUT2D eigenvalue weighted by Crippen LogP contribution is 2.27. The molecule has 0 aliphatic rings. The highest BCUT2D eigenvalue weighted by atomic mass is 79.9. The monoisotopic (exact) mass is 676 g/mol. The molecule has 0 spiro atoms. The lowest BCUT2D eigenvalue weighted by molar-refractivity contribution is -0.136. The van der Waals surface area contributed by atoms with E-state index < -0.39 is 21.8 Å². The van der Waals surface area contributed by atoms with E-state index in [2.05, 4.69) is 31.8 Å². The van der Waals surface area contributed by atoms with Crippen LogP contribution in [-0.2, 0) is 32.7 Å². The molecule has 9 nitrogen and oxygen atoms in total. The van der Waals surface area contributed by atoms with Gasteiger partial charge in [-0.15, -0.1) is 0 Å². The molecule has 4 aromatic rings. The Morgan fingerprint density at radius 1 is 0.976 bits per heavy atom. The van der Waals surface area contributed by atoms with Crippen LogP contribution in [0.1, 0.15) is 22.6 Å². The number of carbonyl (C=O) groups excluding carboxylic acids is 2. The van der Waals surface area contributed by atoms with Crippen molar-refractivity contribution >= 4 is 72.9 Å². The molecule has 0 saturated carbocycles. The Morgan fingerprint density at radius 3 is 2.44 bits per heavy atom. The number of nitrogens with zero attached hydrogens (tertiary/aromatic N) is 2. The van der Waals surface area contributed by atoms with Crippen LogP contribution in [0.3, 0.4) is 0 Å². The molecule has 41 heavy (non-hydrogen) atoms. The van der Waals surface area contributed by atoms with Crippen molar-refractivity contribution < 1.29 is 22.4 Å². The van der Waals surface area contributed by atoms with Gasteiger partial charge in [-0.05, 0) is 67.1 Å². The van der Waals surface area contributed by atoms with Gasteiger partial charge in [0, 0.05) is 26.8 Å². The van der Waals surface area contributed by atoms with Crippen molar-refractivity contribution in [3.05, 3.63) is 116 Å². The number of nitrogens with one attached hydrogen (secondary N) is 2. The molecule has 13 heteroatoms. The lowest BCUT2D eigenvalue weighted by Gasteiger charge is -2.22. The summed E-state index contributed by atoms with van der Waals surface area (Å²) in [6.45, 7) is 1.70. The van der Waals surface area contributed by atoms with E-state index in [1.807, 2.05) is 6.92 Å². The fraction of sp³-hybridized carbons (Fsp3) is 0.107. The predicted molar refractivity (Wildman–Crippen MR) is 161 cm³/mol. The number of furan rings is 1. The Balaban J connectivity index is 1.47. The topological polar surface area (TPSA) is 121 Å². The number of aryl methyl sites for hydroxylation is 1. The van der Waals surface area contributed by atoms with E-state index in [1.165, 1.54) is 22.7 Å². The van der Waals surface area contributed by atoms with Crippen LogP contribution in [-0.4, -0.2) is 30.8 Å². The minimum atomic E-state index is -3.95. The average Bonchev–Trinajstić information content (AvgIpc) is 3.37. The van der Waals surface area contributed by atoms with Crippen LogP contribution in [0, 0.1) is 6.92 Å². The van der Waals surface area contributed by atoms with E-state index in [4.69, 9.17) is 27.6 Å². The summed E-state index contributed by atoms with van der Waals surface area (Å²) in [5.74, 6) is -1.35. The second-order valence-electron chi connectivity index (χ2n) is 8.79. The third-order valence-electron chi connectivity index (χ3n) is 5.68. The molecular weight excluding hydrogens is 655 g/mol. The van der Waals surface area contributed by atoms with Crippen molar-refractivity contribution in [2.45, 2.75) is 24.9 Å². The first kappa shape index (κ1) is 30.5. The van der Waals surface area contributed by atoms with Gasteiger partial charge in [0.25, 0.3) is 0 Å². The number of carbonyl (C=O) groups is 2. The minimum Gasteiger partial charge on any atom is -0.459 e. The van der Waals surface area contributed by atoms with Crippen molar-refractivity contribution in [3.8, 4) is 0 Å². The average molecular weight is 678 g/mol. The Bertz CT molecular complexity index is 1710. The molecule has 0 aliphatic heterocycles. The Hall–Kier alpha value is -3.48. The number of rotatable bonds is 9. The summed E-state index contributed by atoms with van der Waals surface area (Å²) >= 11 is 15.6. The molecule has 0 radical (unpaired) electrons. The Labute approximate surface area is 255 Å². The standard InChI is InChI=1S/C28H23BrCl2N4O5S/c1-18-5-11-25(12-6-18)41(38,39)35(16-19-7-8-21(30)14-26(19)31)17-24-10-9-23(40-24)15-32-34-28(37)27(36)33-22-4-2-3-20(29)13-22/h2-15H,16-17H2,1H3,(H,33,36)(H,34,37)/b32-15+. The zero-order valence-corrected chi connectivity index (χ0v) is 25.4. The molecule has 0 saturated heterocycles. The lowest BCUT2D eigenvalue weighted by atomic mass is 10.2. The van der Waals surface area contributed by atoms with Gasteiger partial charge in [-0.25, -0.2) is 13.8 Å². The first-order valence-electron chi connectivity index (χ1n) is 12.0. The summed E-state index contributed by atoms with van der Waals surface area (Å²) in [5.41, 5.74) is 4.04. The van der Waals surface area contributed by atoms with Gasteiger partial charge in [0.1, 0.15) is 11.5 Å². The molecule has 2 amide bonds. The summed E-state index contributed by atoms with van der Waals surface area (Å²) < 4.78 is 34.9. The molecule has 1 aromatic heterocycles. The molecule has 3 aromatic carbocycles. The number of hydrogen-bond acceptors (Lipinski definition) is 6. The van der Waals surface area contributed by atoms with Crippen LogP contribution in [0.5, 0.6) is 0 Å². The molecule has 0 aliphatic carbocycles. The molecule has 2 N–H and O–H groups in total. The second-order valence-corrected chi connectivity index (χ2v) is 12.5. The van der Waals surface area contributed by atoms with Crippen molar-refractivity contribution in [3.63, 3.8) is 0 Å². The summed E-state index contributed by atoms with van der Waals surface area (Å²) in [6, 6.07) is 21.3. The van der Waals surface area contributed by atoms with Gasteiger partial charge in [-0.2, -0.15) is 9.41 Å². The maximum absolute atomic E-state index is 13.6. The normalized spacial score (nSPS) is 11.6. The highest BCUT2D eigenvalue weighted by molar-refractivity contribution is 9.10. The molecule has 0 fully saturated rings. The number of benzene rings is 3. The molecule has 1 heterocycles. The van der Waals surface area contributed by atoms with Crippen LogP contribution in [0.4, 0.5) is 5.69 Å². The molecule has 212 valence electrons. The van der Waals surface area contributed by atoms with Gasteiger partial charge in [-0.3, -0.25) is 9.59 Å². The fourth-order valence-corrected chi connectivity index (χ4v) is 5.86. The zero-order valence-electron chi connectivity index (χ0n) is 21.5. The van der Waals surface area contributed by atoms with Gasteiger partial charge in [0.15, 0.2) is 0 Å². The van der Waals surface area contributed by atoms with E-state index >= 15 is 0 Å². The first-order valence-corrected chi connectivity index (χ1v) is 15.0. The van der Waals surface area contributed by atoms with Gasteiger partial charge in [0.2, 0.25) is 10.0 Å². The third kappa shape index (κ3) is 8.27. The van der Waals surface area contributed by atoms with Gasteiger partial charge in [-0.1, -0.05) is 69.0 Å². The van der Waals surface area contributed by atoms with Crippen molar-refractivity contribution in [1.29, 1.82) is 0 Å². The van der Waals surface area contributed by atoms with Gasteiger partial charge < -0.3 is 9.73 Å². The van der Waals surface area contributed by atoms with Crippen molar-refractivity contribution in [2.24, 2.45) is 5.10 Å². The largest absolute Gasteiger partial charge is 0.459 e. The van der Waals surface area contributed by atoms with Crippen LogP contribution in [0.15, 0.2) is 97.7 Å².